The number of hydrogen-bond acceptors (Lipinski definition) is 7. The summed E-state index contributed by atoms with van der Waals surface area (Å²) in [4.78, 5) is 14.0. The highest BCUT2D eigenvalue weighted by atomic mass is 32.2. The molecule has 0 aliphatic carbocycles. The number of aromatic nitrogens is 3. The van der Waals surface area contributed by atoms with E-state index in [0.717, 1.165) is 17.3 Å². The van der Waals surface area contributed by atoms with Gasteiger partial charge in [-0.1, -0.05) is 18.2 Å². The molecule has 0 amide bonds. The van der Waals surface area contributed by atoms with Crippen molar-refractivity contribution >= 4 is 17.4 Å². The molecule has 3 rings (SSSR count). The van der Waals surface area contributed by atoms with Gasteiger partial charge in [-0.25, -0.2) is 4.98 Å². The normalized spacial score (nSPS) is 10.5. The van der Waals surface area contributed by atoms with Crippen LogP contribution in [0.1, 0.15) is 0 Å². The van der Waals surface area contributed by atoms with Crippen molar-refractivity contribution in [3.05, 3.63) is 58.8 Å². The molecule has 0 radical (unpaired) electrons. The second-order valence-corrected chi connectivity index (χ2v) is 4.92. The van der Waals surface area contributed by atoms with Gasteiger partial charge in [-0.05, 0) is 30.0 Å². The third kappa shape index (κ3) is 3.06. The molecular weight excluding hydrogens is 292 g/mol. The molecule has 0 spiro atoms. The number of hydrogen-bond donors (Lipinski definition) is 0. The van der Waals surface area contributed by atoms with Crippen LogP contribution in [-0.4, -0.2) is 20.1 Å². The Hall–Kier alpha value is -2.74. The lowest BCUT2D eigenvalue weighted by atomic mass is 10.2. The predicted octanol–water partition coefficient (Wildman–Crippen LogP) is 3.19. The minimum Gasteiger partial charge on any atom is -0.411 e. The number of pyridine rings is 1. The van der Waals surface area contributed by atoms with E-state index >= 15 is 0 Å². The van der Waals surface area contributed by atoms with Gasteiger partial charge in [0.1, 0.15) is 11.2 Å². The fourth-order valence-electron chi connectivity index (χ4n) is 1.58. The van der Waals surface area contributed by atoms with Gasteiger partial charge in [0.2, 0.25) is 5.89 Å². The second kappa shape index (κ2) is 5.71. The molecule has 2 heterocycles. The first-order valence-corrected chi connectivity index (χ1v) is 6.71. The lowest BCUT2D eigenvalue weighted by Crippen LogP contribution is -1.89. The van der Waals surface area contributed by atoms with E-state index in [0.29, 0.717) is 16.1 Å². The first-order chi connectivity index (χ1) is 10.2. The van der Waals surface area contributed by atoms with Crippen LogP contribution in [0.25, 0.3) is 11.5 Å². The maximum Gasteiger partial charge on any atom is 0.287 e. The highest BCUT2D eigenvalue weighted by molar-refractivity contribution is 7.99. The Kier molecular flexibility index (Phi) is 3.61. The highest BCUT2D eigenvalue weighted by Gasteiger charge is 2.11. The van der Waals surface area contributed by atoms with Crippen LogP contribution in [0.2, 0.25) is 0 Å². The van der Waals surface area contributed by atoms with Gasteiger partial charge in [-0.2, -0.15) is 0 Å². The zero-order valence-corrected chi connectivity index (χ0v) is 11.4. The number of nitro groups is 1. The van der Waals surface area contributed by atoms with Crippen LogP contribution < -0.4 is 0 Å². The van der Waals surface area contributed by atoms with Crippen LogP contribution in [0.5, 0.6) is 0 Å². The van der Waals surface area contributed by atoms with Crippen molar-refractivity contribution in [3.8, 4) is 11.5 Å². The average molecular weight is 300 g/mol. The summed E-state index contributed by atoms with van der Waals surface area (Å²) in [5.41, 5.74) is 0.767. The monoisotopic (exact) mass is 300 g/mol. The summed E-state index contributed by atoms with van der Waals surface area (Å²) < 4.78 is 5.52. The molecule has 21 heavy (non-hydrogen) atoms. The molecule has 0 saturated heterocycles. The summed E-state index contributed by atoms with van der Waals surface area (Å²) in [6.45, 7) is 0. The summed E-state index contributed by atoms with van der Waals surface area (Å²) in [5, 5.41) is 19.3. The molecular formula is C13H8N4O3S. The Morgan fingerprint density at radius 2 is 1.90 bits per heavy atom. The third-order valence-corrected chi connectivity index (χ3v) is 3.34. The van der Waals surface area contributed by atoms with Crippen molar-refractivity contribution < 1.29 is 9.34 Å². The molecule has 8 heteroatoms. The maximum atomic E-state index is 10.5. The van der Waals surface area contributed by atoms with E-state index in [1.165, 1.54) is 18.3 Å². The Bertz CT molecular complexity index is 759. The van der Waals surface area contributed by atoms with Gasteiger partial charge in [-0.15, -0.1) is 10.2 Å². The SMILES string of the molecule is O=[N+]([O-])c1ccc(Sc2nnc(-c3ccccc3)o2)nc1. The molecule has 0 aliphatic heterocycles. The van der Waals surface area contributed by atoms with Crippen molar-refractivity contribution in [1.29, 1.82) is 0 Å². The van der Waals surface area contributed by atoms with E-state index in [9.17, 15) is 10.1 Å². The molecule has 3 aromatic rings. The van der Waals surface area contributed by atoms with E-state index in [4.69, 9.17) is 4.42 Å². The van der Waals surface area contributed by atoms with Gasteiger partial charge in [0.25, 0.3) is 10.9 Å². The molecule has 0 fully saturated rings. The van der Waals surface area contributed by atoms with Gasteiger partial charge >= 0.3 is 0 Å². The van der Waals surface area contributed by atoms with Crippen LogP contribution in [0.4, 0.5) is 5.69 Å². The first-order valence-electron chi connectivity index (χ1n) is 5.89. The minimum absolute atomic E-state index is 0.0603. The van der Waals surface area contributed by atoms with Crippen LogP contribution in [0, 0.1) is 10.1 Å². The Labute approximate surface area is 123 Å². The number of rotatable bonds is 4. The molecule has 2 aromatic heterocycles. The number of nitrogens with zero attached hydrogens (tertiary/aromatic N) is 4. The summed E-state index contributed by atoms with van der Waals surface area (Å²) in [7, 11) is 0. The van der Waals surface area contributed by atoms with Crippen molar-refractivity contribution in [2.45, 2.75) is 10.2 Å². The van der Waals surface area contributed by atoms with Crippen molar-refractivity contribution in [1.82, 2.24) is 15.2 Å². The van der Waals surface area contributed by atoms with Crippen LogP contribution in [0.3, 0.4) is 0 Å². The lowest BCUT2D eigenvalue weighted by molar-refractivity contribution is -0.385. The summed E-state index contributed by atoms with van der Waals surface area (Å²) in [6, 6.07) is 12.3. The first kappa shape index (κ1) is 13.3. The van der Waals surface area contributed by atoms with Gasteiger partial charge in [0, 0.05) is 11.6 Å². The zero-order chi connectivity index (χ0) is 14.7. The predicted molar refractivity (Wildman–Crippen MR) is 74.7 cm³/mol. The molecule has 0 atom stereocenters. The van der Waals surface area contributed by atoms with Gasteiger partial charge in [0.15, 0.2) is 0 Å². The molecule has 0 N–H and O–H groups in total. The van der Waals surface area contributed by atoms with Crippen molar-refractivity contribution in [2.75, 3.05) is 0 Å². The smallest absolute Gasteiger partial charge is 0.287 e. The molecule has 104 valence electrons. The van der Waals surface area contributed by atoms with Crippen LogP contribution in [-0.2, 0) is 0 Å². The van der Waals surface area contributed by atoms with Crippen LogP contribution >= 0.6 is 11.8 Å². The fourth-order valence-corrected chi connectivity index (χ4v) is 2.20. The standard InChI is InChI=1S/C13H8N4O3S/c18-17(19)10-6-7-11(14-8-10)21-13-16-15-12(20-13)9-4-2-1-3-5-9/h1-8H. The molecule has 1 aromatic carbocycles. The summed E-state index contributed by atoms with van der Waals surface area (Å²) in [6.07, 6.45) is 1.19. The lowest BCUT2D eigenvalue weighted by Gasteiger charge is -1.95. The maximum absolute atomic E-state index is 10.5. The average Bonchev–Trinajstić information content (AvgIpc) is 2.97. The fraction of sp³-hybridized carbons (Fsp3) is 0. The van der Waals surface area contributed by atoms with E-state index in [1.807, 2.05) is 30.3 Å². The van der Waals surface area contributed by atoms with Gasteiger partial charge in [0.05, 0.1) is 4.92 Å². The van der Waals surface area contributed by atoms with E-state index in [2.05, 4.69) is 15.2 Å². The quantitative estimate of drug-likeness (QED) is 0.539. The van der Waals surface area contributed by atoms with E-state index in [1.54, 1.807) is 0 Å². The third-order valence-electron chi connectivity index (χ3n) is 2.55. The van der Waals surface area contributed by atoms with Crippen molar-refractivity contribution in [2.24, 2.45) is 0 Å². The topological polar surface area (TPSA) is 95.0 Å². The molecule has 0 saturated carbocycles. The largest absolute Gasteiger partial charge is 0.411 e. The molecule has 0 aliphatic rings. The van der Waals surface area contributed by atoms with Gasteiger partial charge < -0.3 is 4.42 Å². The molecule has 0 unspecified atom stereocenters. The Morgan fingerprint density at radius 3 is 2.57 bits per heavy atom. The minimum atomic E-state index is -0.498. The highest BCUT2D eigenvalue weighted by Crippen LogP contribution is 2.28. The Balaban J connectivity index is 1.77. The zero-order valence-electron chi connectivity index (χ0n) is 10.5. The summed E-state index contributed by atoms with van der Waals surface area (Å²) in [5.74, 6) is 0.417. The number of benzene rings is 1. The summed E-state index contributed by atoms with van der Waals surface area (Å²) >= 11 is 1.15. The van der Waals surface area contributed by atoms with E-state index in [-0.39, 0.29) is 5.69 Å². The van der Waals surface area contributed by atoms with Crippen molar-refractivity contribution in [3.63, 3.8) is 0 Å². The second-order valence-electron chi connectivity index (χ2n) is 3.95. The molecule has 0 bridgehead atoms. The van der Waals surface area contributed by atoms with Crippen LogP contribution in [0.15, 0.2) is 63.3 Å². The van der Waals surface area contributed by atoms with Gasteiger partial charge in [-0.3, -0.25) is 10.1 Å². The van der Waals surface area contributed by atoms with E-state index < -0.39 is 4.92 Å². The Morgan fingerprint density at radius 1 is 1.10 bits per heavy atom. The molecule has 7 nitrogen and oxygen atoms in total.